The molecule has 27 heavy (non-hydrogen) atoms. The highest BCUT2D eigenvalue weighted by molar-refractivity contribution is 6.20. The summed E-state index contributed by atoms with van der Waals surface area (Å²) in [6.07, 6.45) is 0. The summed E-state index contributed by atoms with van der Waals surface area (Å²) >= 11 is 6.02. The van der Waals surface area contributed by atoms with Gasteiger partial charge in [0.25, 0.3) is 11.5 Å². The topological polar surface area (TPSA) is 130 Å². The lowest BCUT2D eigenvalue weighted by Gasteiger charge is -2.10. The zero-order valence-corrected chi connectivity index (χ0v) is 15.4. The average Bonchev–Trinajstić information content (AvgIpc) is 3.03. The van der Waals surface area contributed by atoms with Gasteiger partial charge in [0.2, 0.25) is 11.6 Å². The van der Waals surface area contributed by atoms with E-state index in [2.05, 4.69) is 25.9 Å². The van der Waals surface area contributed by atoms with E-state index in [4.69, 9.17) is 11.6 Å². The van der Waals surface area contributed by atoms with Gasteiger partial charge in [-0.05, 0) is 35.0 Å². The maximum Gasteiger partial charge on any atom is 0.351 e. The van der Waals surface area contributed by atoms with Crippen LogP contribution in [-0.4, -0.2) is 40.5 Å². The number of anilines is 1. The molecule has 3 aromatic rings. The molecule has 1 amide bonds. The summed E-state index contributed by atoms with van der Waals surface area (Å²) in [5.74, 6) is -0.810. The smallest absolute Gasteiger partial charge is 0.288 e. The predicted molar refractivity (Wildman–Crippen MR) is 96.1 cm³/mol. The number of carbonyl (C=O) groups excluding carboxylic acids is 1. The molecular formula is C15H15ClN8O3. The number of carbonyl (C=O) groups is 1. The number of hydrogen-bond donors (Lipinski definition) is 1. The Kier molecular flexibility index (Phi) is 4.86. The van der Waals surface area contributed by atoms with E-state index in [1.54, 1.807) is 31.2 Å². The molecule has 0 aliphatic carbocycles. The van der Waals surface area contributed by atoms with E-state index in [0.717, 1.165) is 14.8 Å². The zero-order valence-electron chi connectivity index (χ0n) is 14.6. The van der Waals surface area contributed by atoms with Crippen LogP contribution in [0, 0.1) is 0 Å². The number of nitrogens with one attached hydrogen (secondary N) is 1. The minimum atomic E-state index is -0.864. The molecule has 3 rings (SSSR count). The molecule has 0 spiro atoms. The van der Waals surface area contributed by atoms with Gasteiger partial charge in [0, 0.05) is 14.1 Å². The molecule has 1 unspecified atom stereocenters. The van der Waals surface area contributed by atoms with Gasteiger partial charge < -0.3 is 0 Å². The second-order valence-corrected chi connectivity index (χ2v) is 6.34. The standard InChI is InChI=1S/C15H15ClN8O3/c1-8(16)9-4-6-10(7-5-9)24-13(26)11(19-23(3)15(24)27)12(25)17-14-18-20-21-22(14)2/h4-8H,1-3H3,(H,17,18,21,25). The number of aryl methyl sites for hydroxylation is 2. The first-order valence-corrected chi connectivity index (χ1v) is 8.21. The van der Waals surface area contributed by atoms with Crippen LogP contribution < -0.4 is 16.6 Å². The Morgan fingerprint density at radius 2 is 1.81 bits per heavy atom. The molecule has 2 aromatic heterocycles. The van der Waals surface area contributed by atoms with Crippen molar-refractivity contribution in [3.05, 3.63) is 56.4 Å². The van der Waals surface area contributed by atoms with Crippen LogP contribution in [-0.2, 0) is 14.1 Å². The third kappa shape index (κ3) is 3.49. The Labute approximate surface area is 157 Å². The van der Waals surface area contributed by atoms with Crippen LogP contribution in [0.15, 0.2) is 33.9 Å². The molecule has 1 aromatic carbocycles. The largest absolute Gasteiger partial charge is 0.351 e. The number of tetrazole rings is 1. The van der Waals surface area contributed by atoms with E-state index in [9.17, 15) is 14.4 Å². The maximum absolute atomic E-state index is 12.8. The highest BCUT2D eigenvalue weighted by atomic mass is 35.5. The second kappa shape index (κ2) is 7.11. The Bertz CT molecular complexity index is 1110. The Morgan fingerprint density at radius 1 is 1.15 bits per heavy atom. The molecule has 1 N–H and O–H groups in total. The van der Waals surface area contributed by atoms with Crippen LogP contribution in [0.25, 0.3) is 5.69 Å². The molecule has 0 aliphatic heterocycles. The molecule has 0 saturated carbocycles. The van der Waals surface area contributed by atoms with E-state index >= 15 is 0 Å². The monoisotopic (exact) mass is 390 g/mol. The van der Waals surface area contributed by atoms with Crippen LogP contribution in [0.2, 0.25) is 0 Å². The van der Waals surface area contributed by atoms with Crippen LogP contribution >= 0.6 is 11.6 Å². The average molecular weight is 391 g/mol. The summed E-state index contributed by atoms with van der Waals surface area (Å²) in [5, 5.41) is 16.5. The quantitative estimate of drug-likeness (QED) is 0.621. The zero-order chi connectivity index (χ0) is 19.7. The molecule has 2 heterocycles. The number of amides is 1. The highest BCUT2D eigenvalue weighted by Gasteiger charge is 2.21. The Hall–Kier alpha value is -3.34. The van der Waals surface area contributed by atoms with Crippen molar-refractivity contribution in [3.8, 4) is 5.69 Å². The lowest BCUT2D eigenvalue weighted by atomic mass is 10.1. The lowest BCUT2D eigenvalue weighted by molar-refractivity contribution is 0.101. The van der Waals surface area contributed by atoms with Gasteiger partial charge in [0.1, 0.15) is 0 Å². The molecule has 0 bridgehead atoms. The van der Waals surface area contributed by atoms with E-state index in [1.165, 1.54) is 18.8 Å². The third-order valence-electron chi connectivity index (χ3n) is 3.79. The van der Waals surface area contributed by atoms with Crippen LogP contribution in [0.4, 0.5) is 5.95 Å². The van der Waals surface area contributed by atoms with E-state index in [1.807, 2.05) is 0 Å². The van der Waals surface area contributed by atoms with Crippen molar-refractivity contribution < 1.29 is 4.79 Å². The van der Waals surface area contributed by atoms with Gasteiger partial charge in [-0.15, -0.1) is 11.6 Å². The fourth-order valence-electron chi connectivity index (χ4n) is 2.33. The van der Waals surface area contributed by atoms with Crippen molar-refractivity contribution in [2.75, 3.05) is 5.32 Å². The van der Waals surface area contributed by atoms with Crippen LogP contribution in [0.1, 0.15) is 28.4 Å². The number of aromatic nitrogens is 7. The summed E-state index contributed by atoms with van der Waals surface area (Å²) in [5.41, 5.74) is -0.915. The van der Waals surface area contributed by atoms with Crippen molar-refractivity contribution in [2.45, 2.75) is 12.3 Å². The lowest BCUT2D eigenvalue weighted by Crippen LogP contribution is -2.43. The molecular weight excluding hydrogens is 376 g/mol. The number of rotatable bonds is 4. The molecule has 12 heteroatoms. The first kappa shape index (κ1) is 18.5. The third-order valence-corrected chi connectivity index (χ3v) is 4.05. The van der Waals surface area contributed by atoms with Gasteiger partial charge in [0.15, 0.2) is 0 Å². The number of alkyl halides is 1. The van der Waals surface area contributed by atoms with Gasteiger partial charge >= 0.3 is 5.69 Å². The van der Waals surface area contributed by atoms with Crippen molar-refractivity contribution in [3.63, 3.8) is 0 Å². The molecule has 0 radical (unpaired) electrons. The van der Waals surface area contributed by atoms with Crippen molar-refractivity contribution in [1.29, 1.82) is 0 Å². The minimum Gasteiger partial charge on any atom is -0.288 e. The first-order valence-electron chi connectivity index (χ1n) is 7.78. The molecule has 140 valence electrons. The Balaban J connectivity index is 2.08. The molecule has 0 saturated heterocycles. The SMILES string of the molecule is CC(Cl)c1ccc(-n2c(=O)c(C(=O)Nc3nnnn3C)nn(C)c2=O)cc1. The Morgan fingerprint density at radius 3 is 2.37 bits per heavy atom. The molecule has 1 atom stereocenters. The first-order chi connectivity index (χ1) is 12.8. The maximum atomic E-state index is 12.8. The van der Waals surface area contributed by atoms with E-state index in [0.29, 0.717) is 5.69 Å². The van der Waals surface area contributed by atoms with Crippen molar-refractivity contribution >= 4 is 23.5 Å². The second-order valence-electron chi connectivity index (χ2n) is 5.68. The summed E-state index contributed by atoms with van der Waals surface area (Å²) in [7, 11) is 2.86. The molecule has 0 fully saturated rings. The van der Waals surface area contributed by atoms with Gasteiger partial charge in [0.05, 0.1) is 11.1 Å². The van der Waals surface area contributed by atoms with Gasteiger partial charge in [-0.2, -0.15) is 5.10 Å². The van der Waals surface area contributed by atoms with Crippen LogP contribution in [0.3, 0.4) is 0 Å². The summed E-state index contributed by atoms with van der Waals surface area (Å²) in [6.45, 7) is 1.80. The number of nitrogens with zero attached hydrogens (tertiary/aromatic N) is 7. The van der Waals surface area contributed by atoms with Crippen molar-refractivity contribution in [1.82, 2.24) is 34.6 Å². The fourth-order valence-corrected chi connectivity index (χ4v) is 2.47. The molecule has 0 aliphatic rings. The van der Waals surface area contributed by atoms with Gasteiger partial charge in [-0.1, -0.05) is 17.2 Å². The van der Waals surface area contributed by atoms with Gasteiger partial charge in [-0.25, -0.2) is 18.7 Å². The van der Waals surface area contributed by atoms with E-state index < -0.39 is 22.9 Å². The summed E-state index contributed by atoms with van der Waals surface area (Å²) in [4.78, 5) is 37.6. The normalized spacial score (nSPS) is 12.0. The minimum absolute atomic E-state index is 0.0297. The number of benzene rings is 1. The van der Waals surface area contributed by atoms with E-state index in [-0.39, 0.29) is 11.3 Å². The fraction of sp³-hybridized carbons (Fsp3) is 0.267. The number of halogens is 1. The molecule has 11 nitrogen and oxygen atoms in total. The predicted octanol–water partition coefficient (Wildman–Crippen LogP) is 0.00680. The van der Waals surface area contributed by atoms with Crippen LogP contribution in [0.5, 0.6) is 0 Å². The van der Waals surface area contributed by atoms with Gasteiger partial charge in [-0.3, -0.25) is 14.9 Å². The summed E-state index contributed by atoms with van der Waals surface area (Å²) < 4.78 is 2.98. The summed E-state index contributed by atoms with van der Waals surface area (Å²) in [6, 6.07) is 6.55. The number of hydrogen-bond acceptors (Lipinski definition) is 7. The van der Waals surface area contributed by atoms with Crippen molar-refractivity contribution in [2.24, 2.45) is 14.1 Å². The highest BCUT2D eigenvalue weighted by Crippen LogP contribution is 2.19.